The van der Waals surface area contributed by atoms with Crippen molar-refractivity contribution in [1.82, 2.24) is 39.9 Å². The second kappa shape index (κ2) is 20.3. The van der Waals surface area contributed by atoms with Crippen LogP contribution in [0.15, 0.2) is 97.6 Å². The summed E-state index contributed by atoms with van der Waals surface area (Å²) in [6.07, 6.45) is 11.5. The van der Waals surface area contributed by atoms with Crippen LogP contribution in [0.5, 0.6) is 0 Å². The molecule has 6 aromatic heterocycles. The van der Waals surface area contributed by atoms with Gasteiger partial charge in [0.2, 0.25) is 0 Å². The third-order valence-corrected chi connectivity index (χ3v) is 10.8. The minimum atomic E-state index is -0.722. The lowest BCUT2D eigenvalue weighted by Crippen LogP contribution is -2.28. The Bertz CT molecular complexity index is 3110. The van der Waals surface area contributed by atoms with Crippen molar-refractivity contribution in [2.75, 3.05) is 21.7 Å². The number of nitrogens with two attached hydrogens (primary N) is 1. The lowest BCUT2D eigenvalue weighted by molar-refractivity contribution is 0.0522. The van der Waals surface area contributed by atoms with E-state index >= 15 is 0 Å². The van der Waals surface area contributed by atoms with Gasteiger partial charge in [0.1, 0.15) is 5.60 Å². The van der Waals surface area contributed by atoms with E-state index in [4.69, 9.17) is 22.1 Å². The van der Waals surface area contributed by atoms with Crippen LogP contribution in [0.25, 0.3) is 22.1 Å². The van der Waals surface area contributed by atoms with Crippen molar-refractivity contribution in [2.24, 2.45) is 0 Å². The Balaban J connectivity index is 0.000000166. The first kappa shape index (κ1) is 47.4. The molecule has 0 aliphatic heterocycles. The molecule has 0 fully saturated rings. The average molecular weight is 950 g/mol. The third kappa shape index (κ3) is 10.9. The molecule has 0 bridgehead atoms. The van der Waals surface area contributed by atoms with Gasteiger partial charge in [-0.25, -0.2) is 23.5 Å². The summed E-state index contributed by atoms with van der Waals surface area (Å²) >= 11 is 5.14. The van der Waals surface area contributed by atoms with Gasteiger partial charge in [-0.15, -0.1) is 22.2 Å². The van der Waals surface area contributed by atoms with Gasteiger partial charge in [0.25, 0.3) is 11.1 Å². The lowest BCUT2D eigenvalue weighted by Gasteiger charge is -2.19. The van der Waals surface area contributed by atoms with Gasteiger partial charge in [0.05, 0.1) is 10.8 Å². The Morgan fingerprint density at radius 3 is 1.82 bits per heavy atom. The number of nitrogens with one attached hydrogen (secondary N) is 4. The molecule has 10 rings (SSSR count). The van der Waals surface area contributed by atoms with Gasteiger partial charge in [-0.3, -0.25) is 24.7 Å². The van der Waals surface area contributed by atoms with Gasteiger partial charge in [-0.2, -0.15) is 5.10 Å². The van der Waals surface area contributed by atoms with Gasteiger partial charge in [0, 0.05) is 47.3 Å². The highest BCUT2D eigenvalue weighted by Crippen LogP contribution is 2.34. The number of nitrogens with zero attached hydrogens (tertiary/aromatic N) is 7. The number of carbonyl (C=O) groups is 3. The number of nitrogen functional groups attached to an aromatic ring is 1. The molecule has 344 valence electrons. The maximum atomic E-state index is 14.8. The molecule has 0 saturated carbocycles. The Hall–Kier alpha value is -7.57. The smallest absolute Gasteiger partial charge is 0.437 e. The molecule has 16 nitrogen and oxygen atoms in total. The van der Waals surface area contributed by atoms with E-state index in [1.54, 1.807) is 45.0 Å². The van der Waals surface area contributed by atoms with Crippen molar-refractivity contribution in [3.05, 3.63) is 143 Å². The van der Waals surface area contributed by atoms with E-state index in [1.807, 2.05) is 24.3 Å². The number of carbonyl (C=O) groups excluding carboxylic acids is 3. The molecule has 0 atom stereocenters. The van der Waals surface area contributed by atoms with Crippen LogP contribution in [0.2, 0.25) is 0 Å². The van der Waals surface area contributed by atoms with E-state index in [9.17, 15) is 23.2 Å². The normalized spacial score (nSPS) is 12.4. The first-order valence-electron chi connectivity index (χ1n) is 20.9. The maximum absolute atomic E-state index is 14.8. The number of H-pyrrole nitrogens is 1. The first-order chi connectivity index (χ1) is 31.7. The highest BCUT2D eigenvalue weighted by atomic mass is 35.5. The molecule has 8 aromatic rings. The number of fused-ring (bicyclic) bond motifs is 4. The standard InChI is InChI=1S/C21H17FN6O.C20H22FN5O2.C6H4ClNO.ClH/c22-16-11-15-18(27-28-19(15)26-21(29)13-7-9-23-10-8-13)25-20(16)24-17-6-2-4-12-3-1-5-14(12)17;1-20(2,3)28-19(27)26-18-13(16(22)25-26)10-14(21)17(24-18)23-15-9-5-7-11-6-4-8-12(11)15;7-6(9)5-1-3-8-4-2-5;/h2,4,6-11H,1,3,5H2,(H3,24,25,26,27,28,29);5,7,9-10H,4,6,8H2,1-3H3,(H2,22,25)(H,23,24);1-4H;1H. The Labute approximate surface area is 393 Å². The number of aromatic amines is 1. The predicted octanol–water partition coefficient (Wildman–Crippen LogP) is 10.0. The van der Waals surface area contributed by atoms with Crippen molar-refractivity contribution in [3.63, 3.8) is 0 Å². The molecule has 67 heavy (non-hydrogen) atoms. The third-order valence-electron chi connectivity index (χ3n) is 10.6. The van der Waals surface area contributed by atoms with Crippen LogP contribution in [-0.2, 0) is 30.4 Å². The number of pyridine rings is 4. The maximum Gasteiger partial charge on any atom is 0.437 e. The van der Waals surface area contributed by atoms with Crippen molar-refractivity contribution < 1.29 is 27.9 Å². The zero-order valence-electron chi connectivity index (χ0n) is 36.4. The van der Waals surface area contributed by atoms with Crippen LogP contribution in [0, 0.1) is 11.6 Å². The van der Waals surface area contributed by atoms with E-state index in [0.717, 1.165) is 54.6 Å². The number of halogens is 4. The highest BCUT2D eigenvalue weighted by Gasteiger charge is 2.25. The molecule has 20 heteroatoms. The average Bonchev–Trinajstić information content (AvgIpc) is 4.12. The summed E-state index contributed by atoms with van der Waals surface area (Å²) in [5, 5.41) is 19.9. The van der Waals surface area contributed by atoms with Crippen LogP contribution in [0.3, 0.4) is 0 Å². The summed E-state index contributed by atoms with van der Waals surface area (Å²) in [7, 11) is 0. The number of ether oxygens (including phenoxy) is 1. The Kier molecular flexibility index (Phi) is 14.4. The molecule has 2 aromatic carbocycles. The lowest BCUT2D eigenvalue weighted by atomic mass is 10.1. The Morgan fingerprint density at radius 1 is 0.746 bits per heavy atom. The highest BCUT2D eigenvalue weighted by molar-refractivity contribution is 6.67. The molecule has 0 radical (unpaired) electrons. The monoisotopic (exact) mass is 948 g/mol. The van der Waals surface area contributed by atoms with Gasteiger partial charge in [-0.1, -0.05) is 24.3 Å². The predicted molar refractivity (Wildman–Crippen MR) is 255 cm³/mol. The molecular weight excluding hydrogens is 905 g/mol. The summed E-state index contributed by atoms with van der Waals surface area (Å²) in [5.41, 5.74) is 13.2. The Morgan fingerprint density at radius 2 is 1.28 bits per heavy atom. The van der Waals surface area contributed by atoms with Crippen LogP contribution in [-0.4, -0.2) is 62.8 Å². The van der Waals surface area contributed by atoms with Gasteiger partial charge >= 0.3 is 6.09 Å². The fourth-order valence-electron chi connectivity index (χ4n) is 7.56. The molecule has 0 unspecified atom stereocenters. The van der Waals surface area contributed by atoms with E-state index < -0.39 is 28.6 Å². The minimum absolute atomic E-state index is 0. The van der Waals surface area contributed by atoms with Crippen molar-refractivity contribution in [1.29, 1.82) is 0 Å². The van der Waals surface area contributed by atoms with Crippen LogP contribution in [0.1, 0.15) is 76.6 Å². The van der Waals surface area contributed by atoms with Crippen molar-refractivity contribution in [2.45, 2.75) is 64.9 Å². The zero-order valence-corrected chi connectivity index (χ0v) is 37.9. The summed E-state index contributed by atoms with van der Waals surface area (Å²) in [6, 6.07) is 20.8. The van der Waals surface area contributed by atoms with E-state index in [-0.39, 0.29) is 52.6 Å². The van der Waals surface area contributed by atoms with Crippen LogP contribution in [0.4, 0.5) is 48.2 Å². The molecule has 2 aliphatic rings. The number of aromatic nitrogens is 8. The van der Waals surface area contributed by atoms with Crippen LogP contribution < -0.4 is 21.7 Å². The summed E-state index contributed by atoms with van der Waals surface area (Å²) in [6.45, 7) is 5.24. The largest absolute Gasteiger partial charge is 0.442 e. The molecule has 0 saturated heterocycles. The van der Waals surface area contributed by atoms with Crippen molar-refractivity contribution >= 4 is 98.0 Å². The molecule has 1 amide bonds. The van der Waals surface area contributed by atoms with Gasteiger partial charge in [-0.05, 0) is 142 Å². The number of rotatable bonds is 7. The fourth-order valence-corrected chi connectivity index (χ4v) is 7.69. The summed E-state index contributed by atoms with van der Waals surface area (Å²) in [4.78, 5) is 51.4. The minimum Gasteiger partial charge on any atom is -0.442 e. The number of anilines is 6. The summed E-state index contributed by atoms with van der Waals surface area (Å²) in [5.74, 6) is -1.08. The fraction of sp³-hybridized carbons (Fsp3) is 0.213. The number of hydrogen-bond donors (Lipinski definition) is 5. The molecule has 0 spiro atoms. The van der Waals surface area contributed by atoms with Gasteiger partial charge in [0.15, 0.2) is 46.2 Å². The van der Waals surface area contributed by atoms with E-state index in [2.05, 4.69) is 63.3 Å². The first-order valence-corrected chi connectivity index (χ1v) is 21.3. The molecule has 2 aliphatic carbocycles. The van der Waals surface area contributed by atoms with E-state index in [0.29, 0.717) is 22.2 Å². The number of aryl methyl sites for hydroxylation is 2. The zero-order chi connectivity index (χ0) is 46.5. The molecular formula is C47H44Cl2F2N12O4. The second-order valence-corrected chi connectivity index (χ2v) is 16.6. The number of benzene rings is 2. The van der Waals surface area contributed by atoms with Gasteiger partial charge < -0.3 is 26.4 Å². The molecule has 6 N–H and O–H groups in total. The number of amides is 1. The summed E-state index contributed by atoms with van der Waals surface area (Å²) < 4.78 is 35.8. The topological polar surface area (TPSA) is 221 Å². The SMILES string of the molecule is CC(C)(C)OC(=O)n1nc(N)c2cc(F)c(Nc3cccc4c3CCC4)nc21.Cl.O=C(Cl)c1ccncc1.O=C(Nc1n[nH]c2nc(Nc3cccc4c3CCC4)c(F)cc12)c1ccncc1. The second-order valence-electron chi connectivity index (χ2n) is 16.3. The molecule has 6 heterocycles. The quantitative estimate of drug-likeness (QED) is 0.0940. The van der Waals surface area contributed by atoms with Crippen molar-refractivity contribution in [3.8, 4) is 0 Å². The van der Waals surface area contributed by atoms with Crippen LogP contribution >= 0.6 is 24.0 Å². The van der Waals surface area contributed by atoms with E-state index in [1.165, 1.54) is 59.2 Å². The number of hydrogen-bond acceptors (Lipinski definition) is 13.